The second kappa shape index (κ2) is 4.63. The summed E-state index contributed by atoms with van der Waals surface area (Å²) >= 11 is 5.95. The fourth-order valence-electron chi connectivity index (χ4n) is 1.32. The third kappa shape index (κ3) is 2.49. The molecule has 6 heteroatoms. The Balaban J connectivity index is 2.88. The summed E-state index contributed by atoms with van der Waals surface area (Å²) in [4.78, 5) is 10.8. The molecule has 1 heterocycles. The van der Waals surface area contributed by atoms with Crippen molar-refractivity contribution in [2.75, 3.05) is 7.05 Å². The standard InChI is InChI=1S/C9H14ClN3O2/c1-5-8(10)6(2)13(12-5)4-7(11-3)9(14)15/h7,11H,4H2,1-3H3,(H,14,15). The molecule has 84 valence electrons. The van der Waals surface area contributed by atoms with E-state index in [1.54, 1.807) is 18.7 Å². The number of carbonyl (C=O) groups is 1. The molecule has 0 amide bonds. The number of likely N-dealkylation sites (N-methyl/N-ethyl adjacent to an activating group) is 1. The lowest BCUT2D eigenvalue weighted by molar-refractivity contribution is -0.139. The highest BCUT2D eigenvalue weighted by molar-refractivity contribution is 6.31. The van der Waals surface area contributed by atoms with E-state index in [9.17, 15) is 4.79 Å². The molecule has 15 heavy (non-hydrogen) atoms. The normalized spacial score (nSPS) is 12.8. The van der Waals surface area contributed by atoms with Gasteiger partial charge in [0.15, 0.2) is 0 Å². The molecule has 0 spiro atoms. The van der Waals surface area contributed by atoms with Crippen LogP contribution in [0.5, 0.6) is 0 Å². The van der Waals surface area contributed by atoms with Gasteiger partial charge in [0.05, 0.1) is 23.0 Å². The zero-order valence-corrected chi connectivity index (χ0v) is 9.67. The smallest absolute Gasteiger partial charge is 0.322 e. The van der Waals surface area contributed by atoms with E-state index in [2.05, 4.69) is 10.4 Å². The first-order chi connectivity index (χ1) is 6.97. The van der Waals surface area contributed by atoms with Crippen LogP contribution in [-0.4, -0.2) is 33.9 Å². The SMILES string of the molecule is CNC(Cn1nc(C)c(Cl)c1C)C(=O)O. The summed E-state index contributed by atoms with van der Waals surface area (Å²) in [6, 6.07) is -0.654. The number of rotatable bonds is 4. The van der Waals surface area contributed by atoms with Gasteiger partial charge in [-0.1, -0.05) is 11.6 Å². The van der Waals surface area contributed by atoms with Gasteiger partial charge in [0.25, 0.3) is 0 Å². The van der Waals surface area contributed by atoms with Gasteiger partial charge in [-0.15, -0.1) is 0 Å². The molecule has 0 aliphatic heterocycles. The molecule has 0 fully saturated rings. The maximum atomic E-state index is 10.8. The van der Waals surface area contributed by atoms with Crippen LogP contribution in [0, 0.1) is 13.8 Å². The van der Waals surface area contributed by atoms with Crippen LogP contribution in [0.3, 0.4) is 0 Å². The summed E-state index contributed by atoms with van der Waals surface area (Å²) in [5, 5.41) is 16.3. The number of aryl methyl sites for hydroxylation is 1. The Kier molecular flexibility index (Phi) is 3.71. The van der Waals surface area contributed by atoms with Gasteiger partial charge in [0, 0.05) is 0 Å². The number of nitrogens with zero attached hydrogens (tertiary/aromatic N) is 2. The quantitative estimate of drug-likeness (QED) is 0.806. The molecule has 1 unspecified atom stereocenters. The van der Waals surface area contributed by atoms with Crippen LogP contribution in [0.1, 0.15) is 11.4 Å². The van der Waals surface area contributed by atoms with Crippen molar-refractivity contribution in [3.63, 3.8) is 0 Å². The highest BCUT2D eigenvalue weighted by Crippen LogP contribution is 2.18. The largest absolute Gasteiger partial charge is 0.480 e. The fourth-order valence-corrected chi connectivity index (χ4v) is 1.45. The molecule has 1 aromatic rings. The van der Waals surface area contributed by atoms with E-state index in [0.29, 0.717) is 5.02 Å². The molecule has 0 radical (unpaired) electrons. The lowest BCUT2D eigenvalue weighted by Gasteiger charge is -2.12. The number of halogens is 1. The van der Waals surface area contributed by atoms with E-state index in [4.69, 9.17) is 16.7 Å². The lowest BCUT2D eigenvalue weighted by atomic mass is 10.3. The van der Waals surface area contributed by atoms with Crippen molar-refractivity contribution in [2.24, 2.45) is 0 Å². The van der Waals surface area contributed by atoms with Crippen molar-refractivity contribution in [1.29, 1.82) is 0 Å². The first-order valence-electron chi connectivity index (χ1n) is 4.57. The van der Waals surface area contributed by atoms with Crippen molar-refractivity contribution >= 4 is 17.6 Å². The number of nitrogens with one attached hydrogen (secondary N) is 1. The Labute approximate surface area is 93.0 Å². The number of hydrogen-bond acceptors (Lipinski definition) is 3. The Bertz CT molecular complexity index is 376. The van der Waals surface area contributed by atoms with E-state index in [-0.39, 0.29) is 6.54 Å². The van der Waals surface area contributed by atoms with E-state index < -0.39 is 12.0 Å². The average molecular weight is 232 g/mol. The van der Waals surface area contributed by atoms with Gasteiger partial charge in [-0.2, -0.15) is 5.10 Å². The molecular formula is C9H14ClN3O2. The van der Waals surface area contributed by atoms with Gasteiger partial charge in [-0.05, 0) is 20.9 Å². The summed E-state index contributed by atoms with van der Waals surface area (Å²) in [6.45, 7) is 3.88. The molecule has 0 saturated carbocycles. The zero-order valence-electron chi connectivity index (χ0n) is 8.91. The Morgan fingerprint density at radius 3 is 2.60 bits per heavy atom. The Hall–Kier alpha value is -1.07. The second-order valence-electron chi connectivity index (χ2n) is 3.35. The van der Waals surface area contributed by atoms with Crippen LogP contribution in [0.25, 0.3) is 0 Å². The van der Waals surface area contributed by atoms with E-state index in [1.165, 1.54) is 0 Å². The van der Waals surface area contributed by atoms with Gasteiger partial charge >= 0.3 is 5.97 Å². The minimum atomic E-state index is -0.902. The maximum absolute atomic E-state index is 10.8. The van der Waals surface area contributed by atoms with Crippen molar-refractivity contribution < 1.29 is 9.90 Å². The highest BCUT2D eigenvalue weighted by atomic mass is 35.5. The average Bonchev–Trinajstić information content (AvgIpc) is 2.42. The molecule has 1 rings (SSSR count). The molecule has 0 bridgehead atoms. The first kappa shape index (κ1) is 12.0. The minimum Gasteiger partial charge on any atom is -0.480 e. The Morgan fingerprint density at radius 2 is 2.27 bits per heavy atom. The summed E-state index contributed by atoms with van der Waals surface area (Å²) in [6.07, 6.45) is 0. The van der Waals surface area contributed by atoms with Crippen LogP contribution in [0.15, 0.2) is 0 Å². The van der Waals surface area contributed by atoms with Crippen molar-refractivity contribution in [2.45, 2.75) is 26.4 Å². The monoisotopic (exact) mass is 231 g/mol. The lowest BCUT2D eigenvalue weighted by Crippen LogP contribution is -2.38. The third-order valence-electron chi connectivity index (χ3n) is 2.30. The number of aliphatic carboxylic acids is 1. The highest BCUT2D eigenvalue weighted by Gasteiger charge is 2.18. The summed E-state index contributed by atoms with van der Waals surface area (Å²) in [5.41, 5.74) is 1.50. The van der Waals surface area contributed by atoms with Crippen LogP contribution in [0.2, 0.25) is 5.02 Å². The second-order valence-corrected chi connectivity index (χ2v) is 3.72. The number of aromatic nitrogens is 2. The van der Waals surface area contributed by atoms with E-state index >= 15 is 0 Å². The first-order valence-corrected chi connectivity index (χ1v) is 4.94. The van der Waals surface area contributed by atoms with Gasteiger partial charge in [0.1, 0.15) is 6.04 Å². The van der Waals surface area contributed by atoms with Gasteiger partial charge in [-0.3, -0.25) is 9.48 Å². The molecule has 0 saturated heterocycles. The molecule has 1 atom stereocenters. The molecule has 0 aliphatic carbocycles. The number of carboxylic acids is 1. The zero-order chi connectivity index (χ0) is 11.6. The molecule has 0 aliphatic rings. The molecule has 0 aromatic carbocycles. The van der Waals surface area contributed by atoms with Crippen LogP contribution in [-0.2, 0) is 11.3 Å². The summed E-state index contributed by atoms with van der Waals surface area (Å²) < 4.78 is 1.60. The molecule has 1 aromatic heterocycles. The predicted molar refractivity (Wildman–Crippen MR) is 57.2 cm³/mol. The summed E-state index contributed by atoms with van der Waals surface area (Å²) in [5.74, 6) is -0.902. The maximum Gasteiger partial charge on any atom is 0.322 e. The van der Waals surface area contributed by atoms with Crippen molar-refractivity contribution in [1.82, 2.24) is 15.1 Å². The van der Waals surface area contributed by atoms with Crippen LogP contribution in [0.4, 0.5) is 0 Å². The minimum absolute atomic E-state index is 0.269. The van der Waals surface area contributed by atoms with Crippen molar-refractivity contribution in [3.8, 4) is 0 Å². The van der Waals surface area contributed by atoms with Crippen LogP contribution < -0.4 is 5.32 Å². The number of hydrogen-bond donors (Lipinski definition) is 2. The van der Waals surface area contributed by atoms with E-state index in [1.807, 2.05) is 6.92 Å². The van der Waals surface area contributed by atoms with Crippen molar-refractivity contribution in [3.05, 3.63) is 16.4 Å². The number of carboxylic acid groups (broad SMARTS) is 1. The molecule has 5 nitrogen and oxygen atoms in total. The third-order valence-corrected chi connectivity index (χ3v) is 2.84. The summed E-state index contributed by atoms with van der Waals surface area (Å²) in [7, 11) is 1.60. The predicted octanol–water partition coefficient (Wildman–Crippen LogP) is 0.826. The van der Waals surface area contributed by atoms with Gasteiger partial charge in [0.2, 0.25) is 0 Å². The van der Waals surface area contributed by atoms with Gasteiger partial charge < -0.3 is 10.4 Å². The van der Waals surface area contributed by atoms with Gasteiger partial charge in [-0.25, -0.2) is 0 Å². The van der Waals surface area contributed by atoms with E-state index in [0.717, 1.165) is 11.4 Å². The molecule has 2 N–H and O–H groups in total. The fraction of sp³-hybridized carbons (Fsp3) is 0.556. The molecular weight excluding hydrogens is 218 g/mol. The topological polar surface area (TPSA) is 67.2 Å². The Morgan fingerprint density at radius 1 is 1.67 bits per heavy atom. The van der Waals surface area contributed by atoms with Crippen LogP contribution >= 0.6 is 11.6 Å².